The number of ether oxygens (including phenoxy) is 2. The molecule has 0 fully saturated rings. The Bertz CT molecular complexity index is 944. The van der Waals surface area contributed by atoms with Gasteiger partial charge < -0.3 is 9.47 Å². The number of nitrogens with zero attached hydrogens (tertiary/aromatic N) is 2. The Morgan fingerprint density at radius 1 is 1.12 bits per heavy atom. The summed E-state index contributed by atoms with van der Waals surface area (Å²) in [7, 11) is 3.22. The second-order valence-corrected chi connectivity index (χ2v) is 6.84. The smallest absolute Gasteiger partial charge is 0.203 e. The standard InChI is InChI=1S/C18H15Cl2N3O2S/c1-24-13-4-6-17(25-2)11(7-13)9-21-23-18-22-16(10-26-18)14-5-3-12(19)8-15(14)20/h3-10H,1-2H3,(H,22,23)/b21-9+. The molecule has 26 heavy (non-hydrogen) atoms. The number of methoxy groups -OCH3 is 2. The summed E-state index contributed by atoms with van der Waals surface area (Å²) < 4.78 is 10.5. The molecule has 0 saturated heterocycles. The van der Waals surface area contributed by atoms with Gasteiger partial charge in [-0.05, 0) is 36.4 Å². The van der Waals surface area contributed by atoms with Gasteiger partial charge in [-0.15, -0.1) is 11.3 Å². The molecule has 0 saturated carbocycles. The van der Waals surface area contributed by atoms with Gasteiger partial charge in [0.15, 0.2) is 0 Å². The van der Waals surface area contributed by atoms with Gasteiger partial charge in [0.2, 0.25) is 5.13 Å². The Hall–Kier alpha value is -2.28. The van der Waals surface area contributed by atoms with Crippen LogP contribution >= 0.6 is 34.5 Å². The second kappa shape index (κ2) is 8.40. The zero-order valence-corrected chi connectivity index (χ0v) is 16.3. The van der Waals surface area contributed by atoms with Crippen LogP contribution in [0.3, 0.4) is 0 Å². The van der Waals surface area contributed by atoms with Crippen molar-refractivity contribution in [2.24, 2.45) is 5.10 Å². The van der Waals surface area contributed by atoms with E-state index in [-0.39, 0.29) is 0 Å². The van der Waals surface area contributed by atoms with E-state index in [0.29, 0.717) is 20.9 Å². The van der Waals surface area contributed by atoms with E-state index in [1.54, 1.807) is 32.6 Å². The van der Waals surface area contributed by atoms with Crippen molar-refractivity contribution in [2.45, 2.75) is 0 Å². The highest BCUT2D eigenvalue weighted by molar-refractivity contribution is 7.14. The molecule has 3 aromatic rings. The lowest BCUT2D eigenvalue weighted by atomic mass is 10.2. The summed E-state index contributed by atoms with van der Waals surface area (Å²) in [4.78, 5) is 4.49. The Balaban J connectivity index is 1.75. The average Bonchev–Trinajstić information content (AvgIpc) is 3.10. The fraction of sp³-hybridized carbons (Fsp3) is 0.111. The molecule has 5 nitrogen and oxygen atoms in total. The molecular weight excluding hydrogens is 393 g/mol. The molecule has 1 N–H and O–H groups in total. The van der Waals surface area contributed by atoms with Crippen LogP contribution in [0.25, 0.3) is 11.3 Å². The van der Waals surface area contributed by atoms with E-state index < -0.39 is 0 Å². The third-order valence-corrected chi connectivity index (χ3v) is 4.81. The average molecular weight is 408 g/mol. The highest BCUT2D eigenvalue weighted by atomic mass is 35.5. The molecule has 0 aliphatic heterocycles. The van der Waals surface area contributed by atoms with Crippen LogP contribution in [0.2, 0.25) is 10.0 Å². The van der Waals surface area contributed by atoms with Crippen molar-refractivity contribution < 1.29 is 9.47 Å². The molecule has 134 valence electrons. The van der Waals surface area contributed by atoms with E-state index in [9.17, 15) is 0 Å². The van der Waals surface area contributed by atoms with E-state index in [2.05, 4.69) is 15.5 Å². The van der Waals surface area contributed by atoms with Gasteiger partial charge in [-0.1, -0.05) is 23.2 Å². The fourth-order valence-corrected chi connectivity index (χ4v) is 3.41. The van der Waals surface area contributed by atoms with Gasteiger partial charge in [0, 0.05) is 21.5 Å². The van der Waals surface area contributed by atoms with Crippen LogP contribution in [-0.2, 0) is 0 Å². The van der Waals surface area contributed by atoms with Crippen LogP contribution in [0.4, 0.5) is 5.13 Å². The molecule has 0 bridgehead atoms. The van der Waals surface area contributed by atoms with Crippen molar-refractivity contribution in [1.29, 1.82) is 0 Å². The number of rotatable bonds is 6. The number of hydrogen-bond donors (Lipinski definition) is 1. The van der Waals surface area contributed by atoms with Crippen LogP contribution in [-0.4, -0.2) is 25.4 Å². The fourth-order valence-electron chi connectivity index (χ4n) is 2.24. The molecule has 0 aliphatic carbocycles. The first kappa shape index (κ1) is 18.5. The Morgan fingerprint density at radius 3 is 2.69 bits per heavy atom. The number of benzene rings is 2. The number of nitrogens with one attached hydrogen (secondary N) is 1. The quantitative estimate of drug-likeness (QED) is 0.427. The van der Waals surface area contributed by atoms with E-state index in [0.717, 1.165) is 22.6 Å². The Labute approximate surface area is 165 Å². The summed E-state index contributed by atoms with van der Waals surface area (Å²) in [6.45, 7) is 0. The summed E-state index contributed by atoms with van der Waals surface area (Å²) in [5, 5.41) is 7.91. The van der Waals surface area contributed by atoms with Crippen molar-refractivity contribution in [3.63, 3.8) is 0 Å². The Morgan fingerprint density at radius 2 is 1.96 bits per heavy atom. The monoisotopic (exact) mass is 407 g/mol. The van der Waals surface area contributed by atoms with Crippen molar-refractivity contribution in [3.8, 4) is 22.8 Å². The third-order valence-electron chi connectivity index (χ3n) is 3.51. The van der Waals surface area contributed by atoms with Gasteiger partial charge in [0.25, 0.3) is 0 Å². The van der Waals surface area contributed by atoms with Crippen LogP contribution in [0, 0.1) is 0 Å². The first-order chi connectivity index (χ1) is 12.6. The number of halogens is 2. The number of anilines is 1. The molecule has 0 unspecified atom stereocenters. The molecule has 0 aliphatic rings. The summed E-state index contributed by atoms with van der Waals surface area (Å²) >= 11 is 13.6. The molecule has 0 radical (unpaired) electrons. The number of hydrogen-bond acceptors (Lipinski definition) is 6. The predicted octanol–water partition coefficient (Wildman–Crippen LogP) is 5.58. The van der Waals surface area contributed by atoms with Crippen LogP contribution in [0.1, 0.15) is 5.56 Å². The molecule has 0 spiro atoms. The van der Waals surface area contributed by atoms with Crippen molar-refractivity contribution in [1.82, 2.24) is 4.98 Å². The second-order valence-electron chi connectivity index (χ2n) is 5.14. The third kappa shape index (κ3) is 4.27. The molecule has 3 rings (SSSR count). The normalized spacial score (nSPS) is 10.9. The summed E-state index contributed by atoms with van der Waals surface area (Å²) in [6, 6.07) is 10.8. The topological polar surface area (TPSA) is 55.7 Å². The highest BCUT2D eigenvalue weighted by Crippen LogP contribution is 2.32. The van der Waals surface area contributed by atoms with Gasteiger partial charge in [0.05, 0.1) is 31.2 Å². The Kier molecular flexibility index (Phi) is 5.98. The van der Waals surface area contributed by atoms with Crippen molar-refractivity contribution >= 4 is 45.9 Å². The number of thiazole rings is 1. The lowest BCUT2D eigenvalue weighted by Gasteiger charge is -2.06. The SMILES string of the molecule is COc1ccc(OC)c(/C=N/Nc2nc(-c3ccc(Cl)cc3Cl)cs2)c1. The van der Waals surface area contributed by atoms with Gasteiger partial charge >= 0.3 is 0 Å². The van der Waals surface area contributed by atoms with Crippen LogP contribution in [0.15, 0.2) is 46.9 Å². The van der Waals surface area contributed by atoms with E-state index in [1.807, 2.05) is 29.6 Å². The maximum atomic E-state index is 6.22. The van der Waals surface area contributed by atoms with Crippen LogP contribution < -0.4 is 14.9 Å². The van der Waals surface area contributed by atoms with Crippen molar-refractivity contribution in [3.05, 3.63) is 57.4 Å². The largest absolute Gasteiger partial charge is 0.497 e. The molecule has 0 atom stereocenters. The van der Waals surface area contributed by atoms with Gasteiger partial charge in [-0.25, -0.2) is 4.98 Å². The van der Waals surface area contributed by atoms with E-state index >= 15 is 0 Å². The molecular formula is C18H15Cl2N3O2S. The predicted molar refractivity (Wildman–Crippen MR) is 108 cm³/mol. The molecule has 1 aromatic heterocycles. The van der Waals surface area contributed by atoms with E-state index in [4.69, 9.17) is 32.7 Å². The summed E-state index contributed by atoms with van der Waals surface area (Å²) in [5.41, 5.74) is 5.28. The van der Waals surface area contributed by atoms with E-state index in [1.165, 1.54) is 11.3 Å². The van der Waals surface area contributed by atoms with Gasteiger partial charge in [0.1, 0.15) is 11.5 Å². The molecule has 0 amide bonds. The summed E-state index contributed by atoms with van der Waals surface area (Å²) in [6.07, 6.45) is 1.65. The van der Waals surface area contributed by atoms with Crippen molar-refractivity contribution in [2.75, 3.05) is 19.6 Å². The molecule has 8 heteroatoms. The highest BCUT2D eigenvalue weighted by Gasteiger charge is 2.09. The first-order valence-electron chi connectivity index (χ1n) is 7.52. The van der Waals surface area contributed by atoms with Gasteiger partial charge in [-0.3, -0.25) is 5.43 Å². The number of aromatic nitrogens is 1. The van der Waals surface area contributed by atoms with Gasteiger partial charge in [-0.2, -0.15) is 5.10 Å². The lowest BCUT2D eigenvalue weighted by Crippen LogP contribution is -1.95. The minimum atomic E-state index is 0.555. The minimum absolute atomic E-state index is 0.555. The molecule has 2 aromatic carbocycles. The first-order valence-corrected chi connectivity index (χ1v) is 9.16. The van der Waals surface area contributed by atoms with Crippen LogP contribution in [0.5, 0.6) is 11.5 Å². The maximum absolute atomic E-state index is 6.22. The summed E-state index contributed by atoms with van der Waals surface area (Å²) in [5.74, 6) is 1.42. The molecule has 1 heterocycles. The minimum Gasteiger partial charge on any atom is -0.497 e. The maximum Gasteiger partial charge on any atom is 0.203 e. The number of hydrazone groups is 1. The zero-order chi connectivity index (χ0) is 18.5. The lowest BCUT2D eigenvalue weighted by molar-refractivity contribution is 0.402. The zero-order valence-electron chi connectivity index (χ0n) is 14.0.